The van der Waals surface area contributed by atoms with E-state index in [4.69, 9.17) is 0 Å². The predicted molar refractivity (Wildman–Crippen MR) is 96.7 cm³/mol. The van der Waals surface area contributed by atoms with E-state index in [2.05, 4.69) is 12.1 Å². The van der Waals surface area contributed by atoms with Crippen molar-refractivity contribution in [2.24, 2.45) is 5.16 Å². The lowest BCUT2D eigenvalue weighted by atomic mass is 9.95. The number of hydrogen-bond donors (Lipinski definition) is 1. The zero-order valence-corrected chi connectivity index (χ0v) is 13.9. The summed E-state index contributed by atoms with van der Waals surface area (Å²) in [6.45, 7) is 2.16. The van der Waals surface area contributed by atoms with Gasteiger partial charge in [-0.15, -0.1) is 0 Å². The van der Waals surface area contributed by atoms with E-state index in [9.17, 15) is 9.60 Å². The SMILES string of the molecule is CCCCC1=C(c2ccc(-c3ccccc3)c(F)c2)C(=NO)CC1. The first-order valence-corrected chi connectivity index (χ1v) is 8.53. The second-order valence-corrected chi connectivity index (χ2v) is 6.19. The number of nitrogens with zero attached hydrogens (tertiary/aromatic N) is 1. The second kappa shape index (κ2) is 7.43. The van der Waals surface area contributed by atoms with E-state index in [1.807, 2.05) is 42.5 Å². The van der Waals surface area contributed by atoms with Gasteiger partial charge < -0.3 is 5.21 Å². The fourth-order valence-electron chi connectivity index (χ4n) is 3.36. The number of rotatable bonds is 5. The molecule has 0 unspecified atom stereocenters. The van der Waals surface area contributed by atoms with Crippen molar-refractivity contribution < 1.29 is 9.60 Å². The molecule has 0 aliphatic heterocycles. The van der Waals surface area contributed by atoms with E-state index in [0.717, 1.165) is 48.8 Å². The Kier molecular flexibility index (Phi) is 5.09. The van der Waals surface area contributed by atoms with Crippen molar-refractivity contribution in [2.45, 2.75) is 39.0 Å². The van der Waals surface area contributed by atoms with Gasteiger partial charge in [0.05, 0.1) is 5.71 Å². The molecule has 0 spiro atoms. The maximum Gasteiger partial charge on any atom is 0.131 e. The number of unbranched alkanes of at least 4 members (excludes halogenated alkanes) is 1. The summed E-state index contributed by atoms with van der Waals surface area (Å²) in [5, 5.41) is 12.8. The molecule has 0 heterocycles. The van der Waals surface area contributed by atoms with Crippen LogP contribution >= 0.6 is 0 Å². The first-order valence-electron chi connectivity index (χ1n) is 8.53. The van der Waals surface area contributed by atoms with E-state index in [0.29, 0.717) is 11.3 Å². The second-order valence-electron chi connectivity index (χ2n) is 6.19. The standard InChI is InChI=1S/C21H22FNO/c1-2-3-7-16-11-13-20(23-24)21(16)17-10-12-18(19(22)14-17)15-8-5-4-6-9-15/h4-6,8-10,12,14,24H,2-3,7,11,13H2,1H3. The van der Waals surface area contributed by atoms with Crippen LogP contribution in [0.4, 0.5) is 4.39 Å². The van der Waals surface area contributed by atoms with Crippen LogP contribution in [0.3, 0.4) is 0 Å². The molecule has 124 valence electrons. The lowest BCUT2D eigenvalue weighted by Crippen LogP contribution is -1.99. The minimum Gasteiger partial charge on any atom is -0.411 e. The molecule has 24 heavy (non-hydrogen) atoms. The molecule has 1 aliphatic carbocycles. The van der Waals surface area contributed by atoms with Gasteiger partial charge in [-0.3, -0.25) is 0 Å². The molecule has 3 rings (SSSR count). The van der Waals surface area contributed by atoms with E-state index in [1.54, 1.807) is 6.07 Å². The van der Waals surface area contributed by atoms with Crippen LogP contribution in [0, 0.1) is 5.82 Å². The van der Waals surface area contributed by atoms with Crippen LogP contribution < -0.4 is 0 Å². The van der Waals surface area contributed by atoms with Crippen LogP contribution in [-0.2, 0) is 0 Å². The fraction of sp³-hybridized carbons (Fsp3) is 0.286. The first kappa shape index (κ1) is 16.4. The molecule has 0 atom stereocenters. The van der Waals surface area contributed by atoms with Crippen LogP contribution in [0.5, 0.6) is 0 Å². The van der Waals surface area contributed by atoms with Crippen LogP contribution in [0.25, 0.3) is 16.7 Å². The molecule has 0 radical (unpaired) electrons. The Morgan fingerprint density at radius 2 is 1.83 bits per heavy atom. The number of halogens is 1. The Morgan fingerprint density at radius 1 is 1.04 bits per heavy atom. The van der Waals surface area contributed by atoms with Gasteiger partial charge in [-0.05, 0) is 42.9 Å². The highest BCUT2D eigenvalue weighted by Crippen LogP contribution is 2.36. The van der Waals surface area contributed by atoms with Gasteiger partial charge in [-0.25, -0.2) is 4.39 Å². The summed E-state index contributed by atoms with van der Waals surface area (Å²) < 4.78 is 14.7. The molecule has 2 nitrogen and oxygen atoms in total. The topological polar surface area (TPSA) is 32.6 Å². The Balaban J connectivity index is 2.00. The van der Waals surface area contributed by atoms with Crippen molar-refractivity contribution in [3.05, 3.63) is 65.5 Å². The van der Waals surface area contributed by atoms with Crippen LogP contribution in [0.1, 0.15) is 44.6 Å². The lowest BCUT2D eigenvalue weighted by molar-refractivity contribution is 0.319. The van der Waals surface area contributed by atoms with Gasteiger partial charge in [0, 0.05) is 11.1 Å². The molecule has 0 fully saturated rings. The highest BCUT2D eigenvalue weighted by atomic mass is 19.1. The number of hydrogen-bond acceptors (Lipinski definition) is 2. The molecule has 0 bridgehead atoms. The summed E-state index contributed by atoms with van der Waals surface area (Å²) in [6, 6.07) is 14.9. The van der Waals surface area contributed by atoms with Gasteiger partial charge in [0.25, 0.3) is 0 Å². The fourth-order valence-corrected chi connectivity index (χ4v) is 3.36. The largest absolute Gasteiger partial charge is 0.411 e. The van der Waals surface area contributed by atoms with Crippen LogP contribution in [-0.4, -0.2) is 10.9 Å². The van der Waals surface area contributed by atoms with Crippen molar-refractivity contribution in [1.82, 2.24) is 0 Å². The molecule has 0 saturated heterocycles. The summed E-state index contributed by atoms with van der Waals surface area (Å²) in [5.41, 5.74) is 5.15. The highest BCUT2D eigenvalue weighted by molar-refractivity contribution is 6.26. The molecule has 1 aliphatic rings. The zero-order chi connectivity index (χ0) is 16.9. The van der Waals surface area contributed by atoms with E-state index in [1.165, 1.54) is 5.57 Å². The Labute approximate surface area is 142 Å². The highest BCUT2D eigenvalue weighted by Gasteiger charge is 2.23. The number of benzene rings is 2. The summed E-state index contributed by atoms with van der Waals surface area (Å²) in [6.07, 6.45) is 4.82. The average Bonchev–Trinajstić information content (AvgIpc) is 3.03. The molecule has 1 N–H and O–H groups in total. The summed E-state index contributed by atoms with van der Waals surface area (Å²) in [5.74, 6) is -0.245. The van der Waals surface area contributed by atoms with Gasteiger partial charge in [0.1, 0.15) is 5.82 Å². The maximum atomic E-state index is 14.7. The molecule has 0 saturated carbocycles. The average molecular weight is 323 g/mol. The van der Waals surface area contributed by atoms with E-state index < -0.39 is 0 Å². The smallest absolute Gasteiger partial charge is 0.131 e. The number of allylic oxidation sites excluding steroid dienone is 2. The van der Waals surface area contributed by atoms with Gasteiger partial charge >= 0.3 is 0 Å². The minimum atomic E-state index is -0.245. The van der Waals surface area contributed by atoms with Crippen molar-refractivity contribution in [1.29, 1.82) is 0 Å². The molecule has 0 aromatic heterocycles. The van der Waals surface area contributed by atoms with Gasteiger partial charge in [0.15, 0.2) is 0 Å². The summed E-state index contributed by atoms with van der Waals surface area (Å²) >= 11 is 0. The third-order valence-electron chi connectivity index (χ3n) is 4.60. The molecular formula is C21H22FNO. The Morgan fingerprint density at radius 3 is 2.50 bits per heavy atom. The van der Waals surface area contributed by atoms with Crippen molar-refractivity contribution >= 4 is 11.3 Å². The van der Waals surface area contributed by atoms with Gasteiger partial charge in [-0.1, -0.05) is 66.5 Å². The maximum absolute atomic E-state index is 14.7. The third-order valence-corrected chi connectivity index (χ3v) is 4.60. The minimum absolute atomic E-state index is 0.245. The monoisotopic (exact) mass is 323 g/mol. The molecule has 2 aromatic rings. The molecule has 2 aromatic carbocycles. The van der Waals surface area contributed by atoms with Crippen molar-refractivity contribution in [3.8, 4) is 11.1 Å². The van der Waals surface area contributed by atoms with Gasteiger partial charge in [0.2, 0.25) is 0 Å². The van der Waals surface area contributed by atoms with Crippen molar-refractivity contribution in [3.63, 3.8) is 0 Å². The third kappa shape index (κ3) is 3.25. The Bertz CT molecular complexity index is 778. The van der Waals surface area contributed by atoms with E-state index >= 15 is 0 Å². The normalized spacial score (nSPS) is 16.2. The quantitative estimate of drug-likeness (QED) is 0.526. The zero-order valence-electron chi connectivity index (χ0n) is 13.9. The van der Waals surface area contributed by atoms with Crippen LogP contribution in [0.2, 0.25) is 0 Å². The number of oxime groups is 1. The summed E-state index contributed by atoms with van der Waals surface area (Å²) in [7, 11) is 0. The van der Waals surface area contributed by atoms with Gasteiger partial charge in [-0.2, -0.15) is 0 Å². The molecule has 0 amide bonds. The molecular weight excluding hydrogens is 301 g/mol. The predicted octanol–water partition coefficient (Wildman–Crippen LogP) is 6.06. The Hall–Kier alpha value is -2.42. The lowest BCUT2D eigenvalue weighted by Gasteiger charge is -2.10. The van der Waals surface area contributed by atoms with Crippen LogP contribution in [0.15, 0.2) is 59.3 Å². The van der Waals surface area contributed by atoms with E-state index in [-0.39, 0.29) is 5.82 Å². The first-order chi connectivity index (χ1) is 11.7. The molecule has 3 heteroatoms. The van der Waals surface area contributed by atoms with Crippen molar-refractivity contribution in [2.75, 3.05) is 0 Å². The summed E-state index contributed by atoms with van der Waals surface area (Å²) in [4.78, 5) is 0.